The molecule has 0 fully saturated rings. The Morgan fingerprint density at radius 2 is 1.95 bits per heavy atom. The lowest BCUT2D eigenvalue weighted by atomic mass is 10.0. The maximum absolute atomic E-state index is 13.8. The van der Waals surface area contributed by atoms with Crippen LogP contribution in [0.25, 0.3) is 11.0 Å². The average molecular weight is 395 g/mol. The van der Waals surface area contributed by atoms with Crippen LogP contribution >= 0.6 is 22.6 Å². The van der Waals surface area contributed by atoms with Gasteiger partial charge in [0.25, 0.3) is 0 Å². The van der Waals surface area contributed by atoms with Crippen molar-refractivity contribution in [3.63, 3.8) is 0 Å². The molecule has 1 heterocycles. The molecule has 1 atom stereocenters. The fraction of sp³-hybridized carbons (Fsp3) is 0.176. The summed E-state index contributed by atoms with van der Waals surface area (Å²) in [5.74, 6) is 0.397. The Bertz CT molecular complexity index is 797. The van der Waals surface area contributed by atoms with E-state index in [4.69, 9.17) is 4.42 Å². The number of nitrogens with one attached hydrogen (secondary N) is 1. The van der Waals surface area contributed by atoms with E-state index in [0.717, 1.165) is 16.7 Å². The summed E-state index contributed by atoms with van der Waals surface area (Å²) in [4.78, 5) is 0. The van der Waals surface area contributed by atoms with Crippen LogP contribution in [0.3, 0.4) is 0 Å². The number of hydrogen-bond acceptors (Lipinski definition) is 2. The molecule has 0 radical (unpaired) electrons. The van der Waals surface area contributed by atoms with Crippen molar-refractivity contribution < 1.29 is 8.81 Å². The normalized spacial score (nSPS) is 12.8. The maximum Gasteiger partial charge on any atom is 0.169 e. The first-order chi connectivity index (χ1) is 10.1. The fourth-order valence-electron chi connectivity index (χ4n) is 2.53. The predicted octanol–water partition coefficient (Wildman–Crippen LogP) is 4.79. The minimum absolute atomic E-state index is 0.0939. The molecule has 0 amide bonds. The summed E-state index contributed by atoms with van der Waals surface area (Å²) in [6, 6.07) is 13.0. The summed E-state index contributed by atoms with van der Waals surface area (Å²) in [5.41, 5.74) is 2.67. The van der Waals surface area contributed by atoms with Gasteiger partial charge in [-0.3, -0.25) is 0 Å². The Labute approximate surface area is 136 Å². The van der Waals surface area contributed by atoms with Crippen LogP contribution in [0.15, 0.2) is 46.9 Å². The zero-order valence-corrected chi connectivity index (χ0v) is 13.9. The first kappa shape index (κ1) is 14.5. The number of para-hydroxylation sites is 1. The molecule has 4 heteroatoms. The Morgan fingerprint density at radius 1 is 1.19 bits per heavy atom. The molecule has 0 spiro atoms. The highest BCUT2D eigenvalue weighted by molar-refractivity contribution is 14.1. The molecule has 2 aromatic carbocycles. The van der Waals surface area contributed by atoms with Crippen LogP contribution in [-0.2, 0) is 0 Å². The molecule has 108 valence electrons. The van der Waals surface area contributed by atoms with Crippen LogP contribution in [0.2, 0.25) is 0 Å². The van der Waals surface area contributed by atoms with E-state index in [1.807, 2.05) is 25.2 Å². The van der Waals surface area contributed by atoms with Gasteiger partial charge in [0.2, 0.25) is 0 Å². The SMILES string of the molecule is CNC(c1cc2cccc(F)c2o1)c1cccc(C)c1I. The van der Waals surface area contributed by atoms with E-state index in [1.54, 1.807) is 6.07 Å². The predicted molar refractivity (Wildman–Crippen MR) is 91.0 cm³/mol. The third-order valence-electron chi connectivity index (χ3n) is 3.62. The molecular weight excluding hydrogens is 380 g/mol. The lowest BCUT2D eigenvalue weighted by Crippen LogP contribution is -2.18. The molecule has 21 heavy (non-hydrogen) atoms. The average Bonchev–Trinajstić information content (AvgIpc) is 2.89. The Morgan fingerprint density at radius 3 is 2.67 bits per heavy atom. The van der Waals surface area contributed by atoms with Crippen molar-refractivity contribution in [3.8, 4) is 0 Å². The molecule has 0 aliphatic heterocycles. The number of halogens is 2. The van der Waals surface area contributed by atoms with Crippen molar-refractivity contribution in [1.82, 2.24) is 5.32 Å². The highest BCUT2D eigenvalue weighted by Gasteiger charge is 2.20. The van der Waals surface area contributed by atoms with Gasteiger partial charge in [0.15, 0.2) is 11.4 Å². The number of furan rings is 1. The number of aryl methyl sites for hydroxylation is 1. The molecule has 0 aliphatic carbocycles. The van der Waals surface area contributed by atoms with Crippen molar-refractivity contribution in [2.24, 2.45) is 0 Å². The van der Waals surface area contributed by atoms with Crippen molar-refractivity contribution in [2.45, 2.75) is 13.0 Å². The van der Waals surface area contributed by atoms with Gasteiger partial charge in [-0.05, 0) is 59.8 Å². The molecule has 0 saturated carbocycles. The van der Waals surface area contributed by atoms with Gasteiger partial charge in [0.05, 0.1) is 6.04 Å². The monoisotopic (exact) mass is 395 g/mol. The second-order valence-electron chi connectivity index (χ2n) is 5.01. The molecule has 1 aromatic heterocycles. The van der Waals surface area contributed by atoms with E-state index in [1.165, 1.54) is 15.2 Å². The number of rotatable bonds is 3. The molecule has 1 N–H and O–H groups in total. The zero-order chi connectivity index (χ0) is 15.0. The van der Waals surface area contributed by atoms with E-state index in [-0.39, 0.29) is 11.9 Å². The molecule has 2 nitrogen and oxygen atoms in total. The summed E-state index contributed by atoms with van der Waals surface area (Å²) >= 11 is 2.34. The van der Waals surface area contributed by atoms with Gasteiger partial charge in [-0.25, -0.2) is 4.39 Å². The van der Waals surface area contributed by atoms with Gasteiger partial charge in [-0.15, -0.1) is 0 Å². The standard InChI is InChI=1S/C17H15FINO/c1-10-5-3-7-12(15(10)19)16(20-2)14-9-11-6-4-8-13(18)17(11)21-14/h3-9,16,20H,1-2H3. The third kappa shape index (κ3) is 2.58. The van der Waals surface area contributed by atoms with Gasteiger partial charge in [0.1, 0.15) is 5.76 Å². The van der Waals surface area contributed by atoms with Gasteiger partial charge >= 0.3 is 0 Å². The minimum atomic E-state index is -0.326. The second-order valence-corrected chi connectivity index (χ2v) is 6.09. The van der Waals surface area contributed by atoms with Crippen LogP contribution in [0.5, 0.6) is 0 Å². The summed E-state index contributed by atoms with van der Waals surface area (Å²) in [5, 5.41) is 4.05. The van der Waals surface area contributed by atoms with Crippen molar-refractivity contribution in [1.29, 1.82) is 0 Å². The molecule has 0 saturated heterocycles. The molecule has 3 rings (SSSR count). The Balaban J connectivity index is 2.14. The number of benzene rings is 2. The first-order valence-corrected chi connectivity index (χ1v) is 7.80. The largest absolute Gasteiger partial charge is 0.456 e. The summed E-state index contributed by atoms with van der Waals surface area (Å²) in [6.45, 7) is 2.08. The first-order valence-electron chi connectivity index (χ1n) is 6.72. The molecule has 0 bridgehead atoms. The highest BCUT2D eigenvalue weighted by Crippen LogP contribution is 2.32. The Kier molecular flexibility index (Phi) is 3.99. The highest BCUT2D eigenvalue weighted by atomic mass is 127. The quantitative estimate of drug-likeness (QED) is 0.645. The van der Waals surface area contributed by atoms with Gasteiger partial charge in [-0.1, -0.05) is 30.3 Å². The summed E-state index contributed by atoms with van der Waals surface area (Å²) in [7, 11) is 1.88. The zero-order valence-electron chi connectivity index (χ0n) is 11.8. The summed E-state index contributed by atoms with van der Waals surface area (Å²) < 4.78 is 20.7. The van der Waals surface area contributed by atoms with Crippen LogP contribution in [0, 0.1) is 16.3 Å². The van der Waals surface area contributed by atoms with Crippen LogP contribution in [-0.4, -0.2) is 7.05 Å². The molecule has 0 aliphatic rings. The van der Waals surface area contributed by atoms with Gasteiger partial charge in [0, 0.05) is 8.96 Å². The lowest BCUT2D eigenvalue weighted by molar-refractivity contribution is 0.475. The van der Waals surface area contributed by atoms with E-state index in [2.05, 4.69) is 47.0 Å². The topological polar surface area (TPSA) is 25.2 Å². The van der Waals surface area contributed by atoms with Crippen molar-refractivity contribution in [2.75, 3.05) is 7.05 Å². The molecule has 3 aromatic rings. The van der Waals surface area contributed by atoms with Crippen LogP contribution in [0.4, 0.5) is 4.39 Å². The third-order valence-corrected chi connectivity index (χ3v) is 5.09. The molecule has 1 unspecified atom stereocenters. The van der Waals surface area contributed by atoms with E-state index in [0.29, 0.717) is 5.58 Å². The number of fused-ring (bicyclic) bond motifs is 1. The molecular formula is C17H15FINO. The smallest absolute Gasteiger partial charge is 0.169 e. The lowest BCUT2D eigenvalue weighted by Gasteiger charge is -2.17. The maximum atomic E-state index is 13.8. The van der Waals surface area contributed by atoms with Gasteiger partial charge in [-0.2, -0.15) is 0 Å². The number of hydrogen-bond donors (Lipinski definition) is 1. The van der Waals surface area contributed by atoms with Crippen molar-refractivity contribution >= 4 is 33.6 Å². The second kappa shape index (κ2) is 5.77. The van der Waals surface area contributed by atoms with Gasteiger partial charge < -0.3 is 9.73 Å². The minimum Gasteiger partial charge on any atom is -0.456 e. The van der Waals surface area contributed by atoms with Crippen molar-refractivity contribution in [3.05, 3.63) is 68.7 Å². The van der Waals surface area contributed by atoms with E-state index >= 15 is 0 Å². The fourth-order valence-corrected chi connectivity index (χ4v) is 3.20. The Hall–Kier alpha value is -1.40. The van der Waals surface area contributed by atoms with E-state index < -0.39 is 0 Å². The van der Waals surface area contributed by atoms with E-state index in [9.17, 15) is 4.39 Å². The van der Waals surface area contributed by atoms with Crippen LogP contribution < -0.4 is 5.32 Å². The summed E-state index contributed by atoms with van der Waals surface area (Å²) in [6.07, 6.45) is 0. The van der Waals surface area contributed by atoms with Crippen LogP contribution in [0.1, 0.15) is 22.9 Å².